The highest BCUT2D eigenvalue weighted by Crippen LogP contribution is 2.36. The first-order valence-corrected chi connectivity index (χ1v) is 9.88. The molecule has 1 atom stereocenters. The Morgan fingerprint density at radius 1 is 0.926 bits per heavy atom. The van der Waals surface area contributed by atoms with Crippen LogP contribution in [0.3, 0.4) is 0 Å². The highest BCUT2D eigenvalue weighted by atomic mass is 32.2. The number of rotatable bonds is 6. The molecule has 0 bridgehead atoms. The highest BCUT2D eigenvalue weighted by molar-refractivity contribution is 7.89. The van der Waals surface area contributed by atoms with E-state index in [4.69, 9.17) is 18.9 Å². The number of nitrogens with zero attached hydrogens (tertiary/aromatic N) is 1. The first-order valence-electron chi connectivity index (χ1n) is 8.39. The molecule has 0 aliphatic carbocycles. The van der Waals surface area contributed by atoms with E-state index in [1.807, 2.05) is 37.2 Å². The zero-order chi connectivity index (χ0) is 19.0. The van der Waals surface area contributed by atoms with Crippen molar-refractivity contribution in [1.29, 1.82) is 0 Å². The van der Waals surface area contributed by atoms with E-state index in [1.165, 1.54) is 12.1 Å². The van der Waals surface area contributed by atoms with Crippen LogP contribution < -0.4 is 23.7 Å². The minimum Gasteiger partial charge on any atom is -0.454 e. The van der Waals surface area contributed by atoms with E-state index in [0.717, 1.165) is 5.56 Å². The number of hydrogen-bond donors (Lipinski definition) is 1. The molecule has 0 spiro atoms. The zero-order valence-corrected chi connectivity index (χ0v) is 15.8. The minimum atomic E-state index is -3.70. The van der Waals surface area contributed by atoms with Gasteiger partial charge >= 0.3 is 0 Å². The Hall–Kier alpha value is -2.49. The van der Waals surface area contributed by atoms with Crippen molar-refractivity contribution in [3.63, 3.8) is 0 Å². The maximum atomic E-state index is 12.7. The molecular formula is C18H20N2O6S. The Labute approximate surface area is 157 Å². The highest BCUT2D eigenvalue weighted by Gasteiger charge is 2.24. The van der Waals surface area contributed by atoms with Crippen LogP contribution in [0.15, 0.2) is 41.3 Å². The van der Waals surface area contributed by atoms with Gasteiger partial charge in [0.2, 0.25) is 23.6 Å². The summed E-state index contributed by atoms with van der Waals surface area (Å²) in [6.45, 7) is 0.491. The predicted molar refractivity (Wildman–Crippen MR) is 96.7 cm³/mol. The molecule has 144 valence electrons. The van der Waals surface area contributed by atoms with Crippen LogP contribution in [-0.4, -0.2) is 47.5 Å². The molecule has 2 aromatic rings. The Bertz CT molecular complexity index is 960. The number of fused-ring (bicyclic) bond motifs is 2. The van der Waals surface area contributed by atoms with Crippen molar-refractivity contribution in [1.82, 2.24) is 9.62 Å². The van der Waals surface area contributed by atoms with Crippen molar-refractivity contribution in [2.75, 3.05) is 34.2 Å². The van der Waals surface area contributed by atoms with Gasteiger partial charge in [-0.1, -0.05) is 6.07 Å². The van der Waals surface area contributed by atoms with Crippen LogP contribution in [0.1, 0.15) is 11.6 Å². The number of hydrogen-bond acceptors (Lipinski definition) is 7. The van der Waals surface area contributed by atoms with Crippen LogP contribution in [-0.2, 0) is 10.0 Å². The van der Waals surface area contributed by atoms with Crippen LogP contribution in [0, 0.1) is 0 Å². The average Bonchev–Trinajstić information content (AvgIpc) is 3.29. The monoisotopic (exact) mass is 392 g/mol. The van der Waals surface area contributed by atoms with Gasteiger partial charge in [0.15, 0.2) is 23.0 Å². The van der Waals surface area contributed by atoms with Gasteiger partial charge in [-0.2, -0.15) is 0 Å². The van der Waals surface area contributed by atoms with Crippen molar-refractivity contribution < 1.29 is 27.4 Å². The number of nitrogens with one attached hydrogen (secondary N) is 1. The van der Waals surface area contributed by atoms with E-state index in [9.17, 15) is 8.42 Å². The van der Waals surface area contributed by atoms with Crippen LogP contribution in [0.2, 0.25) is 0 Å². The maximum absolute atomic E-state index is 12.7. The first-order chi connectivity index (χ1) is 12.9. The number of likely N-dealkylation sites (N-methyl/N-ethyl adjacent to an activating group) is 1. The molecule has 2 aliphatic rings. The lowest BCUT2D eigenvalue weighted by Crippen LogP contribution is -2.34. The first kappa shape index (κ1) is 17.9. The molecule has 27 heavy (non-hydrogen) atoms. The molecule has 8 nitrogen and oxygen atoms in total. The Morgan fingerprint density at radius 2 is 1.52 bits per heavy atom. The van der Waals surface area contributed by atoms with Crippen LogP contribution in [0.4, 0.5) is 0 Å². The molecule has 0 aromatic heterocycles. The van der Waals surface area contributed by atoms with Crippen LogP contribution >= 0.6 is 0 Å². The summed E-state index contributed by atoms with van der Waals surface area (Å²) in [5.41, 5.74) is 0.928. The molecule has 9 heteroatoms. The van der Waals surface area contributed by atoms with Crippen molar-refractivity contribution in [3.05, 3.63) is 42.0 Å². The average molecular weight is 392 g/mol. The summed E-state index contributed by atoms with van der Waals surface area (Å²) in [5, 5.41) is 0. The molecule has 0 radical (unpaired) electrons. The van der Waals surface area contributed by atoms with E-state index in [1.54, 1.807) is 6.07 Å². The summed E-state index contributed by atoms with van der Waals surface area (Å²) in [6, 6.07) is 10.0. The van der Waals surface area contributed by atoms with Crippen molar-refractivity contribution in [3.8, 4) is 23.0 Å². The van der Waals surface area contributed by atoms with E-state index < -0.39 is 10.0 Å². The summed E-state index contributed by atoms with van der Waals surface area (Å²) < 4.78 is 49.3. The molecule has 1 unspecified atom stereocenters. The number of sulfonamides is 1. The molecule has 2 aliphatic heterocycles. The van der Waals surface area contributed by atoms with Gasteiger partial charge in [-0.3, -0.25) is 0 Å². The third-order valence-corrected chi connectivity index (χ3v) is 5.95. The van der Waals surface area contributed by atoms with E-state index in [0.29, 0.717) is 23.0 Å². The fourth-order valence-electron chi connectivity index (χ4n) is 3.03. The fourth-order valence-corrected chi connectivity index (χ4v) is 4.09. The lowest BCUT2D eigenvalue weighted by Gasteiger charge is -2.25. The lowest BCUT2D eigenvalue weighted by molar-refractivity contribution is 0.173. The van der Waals surface area contributed by atoms with Crippen LogP contribution in [0.25, 0.3) is 0 Å². The molecule has 2 aromatic carbocycles. The smallest absolute Gasteiger partial charge is 0.240 e. The second-order valence-electron chi connectivity index (χ2n) is 6.46. The zero-order valence-electron chi connectivity index (χ0n) is 15.0. The molecular weight excluding hydrogens is 372 g/mol. The lowest BCUT2D eigenvalue weighted by atomic mass is 10.1. The number of benzene rings is 2. The quantitative estimate of drug-likeness (QED) is 0.801. The van der Waals surface area contributed by atoms with Gasteiger partial charge < -0.3 is 23.8 Å². The summed E-state index contributed by atoms with van der Waals surface area (Å²) in [4.78, 5) is 2.08. The van der Waals surface area contributed by atoms with Crippen LogP contribution in [0.5, 0.6) is 23.0 Å². The standard InChI is InChI=1S/C18H20N2O6S/c1-20(2)14(12-3-5-15-17(7-12)25-10-23-15)9-19-27(21,22)13-4-6-16-18(8-13)26-11-24-16/h3-8,14,19H,9-11H2,1-2H3. The maximum Gasteiger partial charge on any atom is 0.240 e. The summed E-state index contributed by atoms with van der Waals surface area (Å²) in [7, 11) is 0.0879. The minimum absolute atomic E-state index is 0.0963. The molecule has 0 fully saturated rings. The Kier molecular flexibility index (Phi) is 4.58. The summed E-state index contributed by atoms with van der Waals surface area (Å²) >= 11 is 0. The predicted octanol–water partition coefficient (Wildman–Crippen LogP) is 1.73. The summed E-state index contributed by atoms with van der Waals surface area (Å²) in [5.74, 6) is 2.33. The Balaban J connectivity index is 1.52. The third-order valence-electron chi connectivity index (χ3n) is 4.53. The molecule has 4 rings (SSSR count). The molecule has 0 amide bonds. The molecule has 0 saturated carbocycles. The van der Waals surface area contributed by atoms with Gasteiger partial charge in [0.05, 0.1) is 4.90 Å². The summed E-state index contributed by atoms with van der Waals surface area (Å²) in [6.07, 6.45) is 0. The third kappa shape index (κ3) is 3.53. The van der Waals surface area contributed by atoms with E-state index >= 15 is 0 Å². The van der Waals surface area contributed by atoms with Crippen molar-refractivity contribution in [2.45, 2.75) is 10.9 Å². The Morgan fingerprint density at radius 3 is 2.19 bits per heavy atom. The van der Waals surface area contributed by atoms with Crippen molar-refractivity contribution in [2.24, 2.45) is 0 Å². The van der Waals surface area contributed by atoms with Crippen molar-refractivity contribution >= 4 is 10.0 Å². The van der Waals surface area contributed by atoms with Gasteiger partial charge in [-0.05, 0) is 43.9 Å². The topological polar surface area (TPSA) is 86.3 Å². The van der Waals surface area contributed by atoms with Gasteiger partial charge in [-0.25, -0.2) is 13.1 Å². The largest absolute Gasteiger partial charge is 0.454 e. The molecule has 2 heterocycles. The van der Waals surface area contributed by atoms with Gasteiger partial charge in [0.25, 0.3) is 0 Å². The fraction of sp³-hybridized carbons (Fsp3) is 0.333. The van der Waals surface area contributed by atoms with E-state index in [2.05, 4.69) is 4.72 Å². The second kappa shape index (κ2) is 6.91. The second-order valence-corrected chi connectivity index (χ2v) is 8.23. The normalized spacial score (nSPS) is 16.0. The van der Waals surface area contributed by atoms with Gasteiger partial charge in [-0.15, -0.1) is 0 Å². The molecule has 0 saturated heterocycles. The van der Waals surface area contributed by atoms with Gasteiger partial charge in [0, 0.05) is 18.7 Å². The van der Waals surface area contributed by atoms with E-state index in [-0.39, 0.29) is 31.1 Å². The SMILES string of the molecule is CN(C)C(CNS(=O)(=O)c1ccc2c(c1)OCO2)c1ccc2c(c1)OCO2. The van der Waals surface area contributed by atoms with Gasteiger partial charge in [0.1, 0.15) is 0 Å². The number of ether oxygens (including phenoxy) is 4. The molecule has 1 N–H and O–H groups in total.